The Morgan fingerprint density at radius 1 is 0.895 bits per heavy atom. The summed E-state index contributed by atoms with van der Waals surface area (Å²) in [5.74, 6) is -3.80. The van der Waals surface area contributed by atoms with Crippen LogP contribution in [0.2, 0.25) is 0 Å². The van der Waals surface area contributed by atoms with Crippen molar-refractivity contribution in [2.45, 2.75) is 93.2 Å². The number of carboxylic acids is 1. The highest BCUT2D eigenvalue weighted by atomic mass is 16.7. The molecule has 0 saturated heterocycles. The Balaban J connectivity index is 3.60. The second-order valence-electron chi connectivity index (χ2n) is 10.7. The zero-order valence-electron chi connectivity index (χ0n) is 24.0. The molecule has 0 radical (unpaired) electrons. The molecule has 10 nitrogen and oxygen atoms in total. The number of rotatable bonds is 13. The monoisotopic (exact) mass is 537 g/mol. The predicted octanol–water partition coefficient (Wildman–Crippen LogP) is 5.06. The van der Waals surface area contributed by atoms with Gasteiger partial charge in [-0.05, 0) is 72.1 Å². The van der Waals surface area contributed by atoms with Crippen LogP contribution in [-0.4, -0.2) is 47.9 Å². The van der Waals surface area contributed by atoms with Crippen LogP contribution >= 0.6 is 0 Å². The lowest BCUT2D eigenvalue weighted by atomic mass is 9.79. The van der Waals surface area contributed by atoms with E-state index in [9.17, 15) is 24.3 Å². The summed E-state index contributed by atoms with van der Waals surface area (Å²) in [6, 6.07) is 3.07. The Kier molecular flexibility index (Phi) is 11.8. The molecular formula is C28H43NO9. The van der Waals surface area contributed by atoms with Crippen LogP contribution in [0, 0.1) is 16.7 Å². The number of carboxylic acid groups (broad SMARTS) is 1. The molecule has 0 bridgehead atoms. The minimum atomic E-state index is -1.39. The fourth-order valence-corrected chi connectivity index (χ4v) is 3.36. The van der Waals surface area contributed by atoms with Crippen molar-refractivity contribution in [3.8, 4) is 11.5 Å². The van der Waals surface area contributed by atoms with Gasteiger partial charge in [-0.1, -0.05) is 26.8 Å². The Hall–Kier alpha value is -3.14. The molecule has 0 spiro atoms. The highest BCUT2D eigenvalue weighted by Crippen LogP contribution is 2.39. The number of benzene rings is 1. The Morgan fingerprint density at radius 3 is 1.84 bits per heavy atom. The molecule has 0 fully saturated rings. The zero-order valence-corrected chi connectivity index (χ0v) is 24.0. The van der Waals surface area contributed by atoms with Crippen molar-refractivity contribution in [1.82, 2.24) is 0 Å². The van der Waals surface area contributed by atoms with Crippen LogP contribution in [0.15, 0.2) is 18.2 Å². The first kappa shape index (κ1) is 32.9. The average molecular weight is 538 g/mol. The molecule has 1 rings (SSSR count). The minimum Gasteiger partial charge on any atom is -0.480 e. The Bertz CT molecular complexity index is 1000. The van der Waals surface area contributed by atoms with Gasteiger partial charge in [0.05, 0.1) is 17.4 Å². The third-order valence-corrected chi connectivity index (χ3v) is 7.15. The van der Waals surface area contributed by atoms with E-state index in [-0.39, 0.29) is 18.1 Å². The summed E-state index contributed by atoms with van der Waals surface area (Å²) < 4.78 is 21.5. The number of nitrogens with two attached hydrogens (primary N) is 1. The van der Waals surface area contributed by atoms with Gasteiger partial charge in [-0.2, -0.15) is 0 Å². The SMILES string of the molecule is CCOC(=O)OC(C)C(C)C(c1ccc(OC(=O)C(C)(C)CC)c(OC(=O)C(C)(C)CC)c1)[C@H](N)C(=O)O. The summed E-state index contributed by atoms with van der Waals surface area (Å²) in [6.45, 7) is 15.7. The Labute approximate surface area is 225 Å². The largest absolute Gasteiger partial charge is 0.508 e. The van der Waals surface area contributed by atoms with Crippen LogP contribution in [0.25, 0.3) is 0 Å². The van der Waals surface area contributed by atoms with Crippen LogP contribution < -0.4 is 15.2 Å². The summed E-state index contributed by atoms with van der Waals surface area (Å²) in [5.41, 5.74) is 4.88. The second kappa shape index (κ2) is 13.6. The van der Waals surface area contributed by atoms with Gasteiger partial charge in [-0.25, -0.2) is 4.79 Å². The molecule has 4 atom stereocenters. The van der Waals surface area contributed by atoms with E-state index in [1.54, 1.807) is 54.5 Å². The van der Waals surface area contributed by atoms with Gasteiger partial charge in [0.15, 0.2) is 11.5 Å². The molecule has 10 heteroatoms. The summed E-state index contributed by atoms with van der Waals surface area (Å²) in [4.78, 5) is 49.6. The molecule has 0 aliphatic carbocycles. The fourth-order valence-electron chi connectivity index (χ4n) is 3.36. The molecule has 3 unspecified atom stereocenters. The van der Waals surface area contributed by atoms with Crippen LogP contribution in [-0.2, 0) is 23.9 Å². The summed E-state index contributed by atoms with van der Waals surface area (Å²) in [6.07, 6.45) is -0.632. The molecule has 1 aromatic carbocycles. The first-order chi connectivity index (χ1) is 17.5. The second-order valence-corrected chi connectivity index (χ2v) is 10.7. The maximum atomic E-state index is 13.0. The van der Waals surface area contributed by atoms with E-state index in [2.05, 4.69) is 0 Å². The number of carbonyl (C=O) groups excluding carboxylic acids is 3. The molecule has 3 N–H and O–H groups in total. The molecule has 0 aliphatic heterocycles. The normalized spacial score (nSPS) is 15.0. The van der Waals surface area contributed by atoms with Crippen LogP contribution in [0.4, 0.5) is 4.79 Å². The van der Waals surface area contributed by atoms with E-state index in [0.717, 1.165) is 0 Å². The van der Waals surface area contributed by atoms with Gasteiger partial charge >= 0.3 is 24.1 Å². The first-order valence-corrected chi connectivity index (χ1v) is 12.9. The standard InChI is InChI=1S/C28H43NO9/c1-10-27(6,7)24(32)37-19-14-13-18(15-20(19)38-25(33)28(8,9)11-2)21(22(29)23(30)31)16(4)17(5)36-26(34)35-12-3/h13-17,21-22H,10-12,29H2,1-9H3,(H,30,31)/t16?,17?,21?,22-/m0/s1. The van der Waals surface area contributed by atoms with Crippen LogP contribution in [0.3, 0.4) is 0 Å². The summed E-state index contributed by atoms with van der Waals surface area (Å²) >= 11 is 0. The van der Waals surface area contributed by atoms with Crippen molar-refractivity contribution < 1.29 is 43.2 Å². The van der Waals surface area contributed by atoms with E-state index in [1.807, 2.05) is 13.8 Å². The molecule has 0 aliphatic rings. The number of ether oxygens (including phenoxy) is 4. The van der Waals surface area contributed by atoms with E-state index >= 15 is 0 Å². The zero-order chi connectivity index (χ0) is 29.4. The van der Waals surface area contributed by atoms with Gasteiger partial charge in [0.1, 0.15) is 12.1 Å². The van der Waals surface area contributed by atoms with Crippen molar-refractivity contribution in [2.75, 3.05) is 6.61 Å². The highest BCUT2D eigenvalue weighted by molar-refractivity contribution is 5.81. The lowest BCUT2D eigenvalue weighted by Crippen LogP contribution is -2.42. The number of carbonyl (C=O) groups is 4. The molecule has 0 aromatic heterocycles. The lowest BCUT2D eigenvalue weighted by Gasteiger charge is -2.32. The smallest absolute Gasteiger partial charge is 0.480 e. The minimum absolute atomic E-state index is 0.0200. The maximum absolute atomic E-state index is 13.0. The first-order valence-electron chi connectivity index (χ1n) is 12.9. The van der Waals surface area contributed by atoms with Gasteiger partial charge in [0, 0.05) is 11.8 Å². The lowest BCUT2D eigenvalue weighted by molar-refractivity contribution is -0.147. The Morgan fingerprint density at radius 2 is 1.39 bits per heavy atom. The van der Waals surface area contributed by atoms with Gasteiger partial charge in [0.2, 0.25) is 0 Å². The summed E-state index contributed by atoms with van der Waals surface area (Å²) in [5, 5.41) is 9.74. The van der Waals surface area contributed by atoms with E-state index < -0.39 is 58.9 Å². The molecule has 214 valence electrons. The molecule has 38 heavy (non-hydrogen) atoms. The number of esters is 2. The quantitative estimate of drug-likeness (QED) is 0.258. The predicted molar refractivity (Wildman–Crippen MR) is 141 cm³/mol. The van der Waals surface area contributed by atoms with E-state index in [0.29, 0.717) is 18.4 Å². The topological polar surface area (TPSA) is 151 Å². The van der Waals surface area contributed by atoms with Gasteiger partial charge in [0.25, 0.3) is 0 Å². The molecule has 1 aromatic rings. The molecule has 0 amide bonds. The van der Waals surface area contributed by atoms with Crippen molar-refractivity contribution >= 4 is 24.1 Å². The molecule has 0 heterocycles. The van der Waals surface area contributed by atoms with Crippen molar-refractivity contribution in [3.05, 3.63) is 23.8 Å². The van der Waals surface area contributed by atoms with E-state index in [4.69, 9.17) is 24.7 Å². The van der Waals surface area contributed by atoms with Crippen LogP contribution in [0.1, 0.15) is 86.6 Å². The van der Waals surface area contributed by atoms with Crippen LogP contribution in [0.5, 0.6) is 11.5 Å². The third kappa shape index (κ3) is 8.44. The van der Waals surface area contributed by atoms with Crippen molar-refractivity contribution in [1.29, 1.82) is 0 Å². The average Bonchev–Trinajstić information content (AvgIpc) is 2.85. The maximum Gasteiger partial charge on any atom is 0.508 e. The number of aliphatic carboxylic acids is 1. The van der Waals surface area contributed by atoms with Gasteiger partial charge in [-0.15, -0.1) is 0 Å². The van der Waals surface area contributed by atoms with Gasteiger partial charge in [-0.3, -0.25) is 14.4 Å². The number of hydrogen-bond donors (Lipinski definition) is 2. The van der Waals surface area contributed by atoms with E-state index in [1.165, 1.54) is 12.1 Å². The van der Waals surface area contributed by atoms with Gasteiger partial charge < -0.3 is 29.8 Å². The highest BCUT2D eigenvalue weighted by Gasteiger charge is 2.37. The third-order valence-electron chi connectivity index (χ3n) is 7.15. The molecule has 0 saturated carbocycles. The molecular weight excluding hydrogens is 494 g/mol. The van der Waals surface area contributed by atoms with Crippen molar-refractivity contribution in [3.63, 3.8) is 0 Å². The summed E-state index contributed by atoms with van der Waals surface area (Å²) in [7, 11) is 0. The van der Waals surface area contributed by atoms with Crippen molar-refractivity contribution in [2.24, 2.45) is 22.5 Å². The number of hydrogen-bond acceptors (Lipinski definition) is 9. The fraction of sp³-hybridized carbons (Fsp3) is 0.643.